The molecule has 2 bridgehead atoms. The molecule has 6 heteroatoms. The monoisotopic (exact) mass is 241 g/mol. The Kier molecular flexibility index (Phi) is 3.09. The van der Waals surface area contributed by atoms with Crippen LogP contribution in [0, 0.1) is 5.92 Å². The minimum atomic E-state index is -0.463. The number of amides is 1. The number of carbonyl (C=O) groups is 1. The van der Waals surface area contributed by atoms with Crippen molar-refractivity contribution in [1.29, 1.82) is 0 Å². The maximum Gasteiger partial charge on any atom is 0.424 e. The van der Waals surface area contributed by atoms with E-state index in [1.165, 1.54) is 7.11 Å². The van der Waals surface area contributed by atoms with Crippen molar-refractivity contribution >= 4 is 11.8 Å². The Labute approximate surface area is 101 Å². The van der Waals surface area contributed by atoms with Gasteiger partial charge in [0.05, 0.1) is 25.3 Å². The highest BCUT2D eigenvalue weighted by atomic mass is 16.5. The number of rotatable bonds is 1. The standard InChI is InChI=1S/C11H19N3O3/c1-6(12-2)9-7-5-8(10(9)15)13(3)14(7)11(16)17-4/h7-10,15H,5H2,1-4H3. The van der Waals surface area contributed by atoms with Gasteiger partial charge in [-0.25, -0.2) is 14.8 Å². The van der Waals surface area contributed by atoms with Gasteiger partial charge in [0.2, 0.25) is 0 Å². The van der Waals surface area contributed by atoms with Crippen LogP contribution in [-0.2, 0) is 4.74 Å². The van der Waals surface area contributed by atoms with Crippen LogP contribution in [0.25, 0.3) is 0 Å². The Morgan fingerprint density at radius 1 is 1.47 bits per heavy atom. The van der Waals surface area contributed by atoms with Crippen molar-refractivity contribution in [3.8, 4) is 0 Å². The van der Waals surface area contributed by atoms with E-state index in [0.717, 1.165) is 12.1 Å². The van der Waals surface area contributed by atoms with Gasteiger partial charge in [-0.3, -0.25) is 4.99 Å². The number of hydrogen-bond acceptors (Lipinski definition) is 5. The first-order valence-electron chi connectivity index (χ1n) is 5.74. The molecule has 6 nitrogen and oxygen atoms in total. The lowest BCUT2D eigenvalue weighted by molar-refractivity contribution is -0.0791. The minimum absolute atomic E-state index is 0.0270. The van der Waals surface area contributed by atoms with Crippen molar-refractivity contribution in [2.75, 3.05) is 21.2 Å². The van der Waals surface area contributed by atoms with Gasteiger partial charge in [-0.2, -0.15) is 0 Å². The van der Waals surface area contributed by atoms with Crippen molar-refractivity contribution in [3.05, 3.63) is 0 Å². The molecule has 17 heavy (non-hydrogen) atoms. The first-order chi connectivity index (χ1) is 8.02. The van der Waals surface area contributed by atoms with Crippen molar-refractivity contribution < 1.29 is 14.6 Å². The third-order valence-corrected chi connectivity index (χ3v) is 3.99. The number of hydrogen-bond donors (Lipinski definition) is 1. The highest BCUT2D eigenvalue weighted by Gasteiger charge is 2.57. The topological polar surface area (TPSA) is 65.4 Å². The summed E-state index contributed by atoms with van der Waals surface area (Å²) in [6.45, 7) is 1.89. The second kappa shape index (κ2) is 4.27. The summed E-state index contributed by atoms with van der Waals surface area (Å²) in [5.41, 5.74) is 0.881. The van der Waals surface area contributed by atoms with Crippen LogP contribution in [0.15, 0.2) is 4.99 Å². The largest absolute Gasteiger partial charge is 0.452 e. The number of carbonyl (C=O) groups excluding carboxylic acids is 1. The van der Waals surface area contributed by atoms with Crippen LogP contribution in [0.5, 0.6) is 0 Å². The molecule has 0 spiro atoms. The van der Waals surface area contributed by atoms with Gasteiger partial charge in [0.15, 0.2) is 0 Å². The molecule has 2 aliphatic rings. The van der Waals surface area contributed by atoms with E-state index in [1.807, 2.05) is 6.92 Å². The summed E-state index contributed by atoms with van der Waals surface area (Å²) in [5, 5.41) is 13.6. The molecule has 0 aromatic rings. The predicted molar refractivity (Wildman–Crippen MR) is 62.7 cm³/mol. The van der Waals surface area contributed by atoms with E-state index in [2.05, 4.69) is 4.99 Å². The van der Waals surface area contributed by atoms with Gasteiger partial charge in [-0.1, -0.05) is 0 Å². The molecule has 4 unspecified atom stereocenters. The molecule has 0 aromatic heterocycles. The molecular formula is C11H19N3O3. The third kappa shape index (κ3) is 1.63. The van der Waals surface area contributed by atoms with Gasteiger partial charge >= 0.3 is 6.09 Å². The van der Waals surface area contributed by atoms with Crippen LogP contribution in [0.4, 0.5) is 4.79 Å². The van der Waals surface area contributed by atoms with E-state index in [9.17, 15) is 9.90 Å². The van der Waals surface area contributed by atoms with Crippen LogP contribution in [0.2, 0.25) is 0 Å². The number of hydrazine groups is 1. The molecule has 1 amide bonds. The van der Waals surface area contributed by atoms with Gasteiger partial charge in [-0.15, -0.1) is 0 Å². The summed E-state index contributed by atoms with van der Waals surface area (Å²) in [4.78, 5) is 15.9. The quantitative estimate of drug-likeness (QED) is 0.662. The molecule has 96 valence electrons. The first-order valence-corrected chi connectivity index (χ1v) is 5.74. The first kappa shape index (κ1) is 12.3. The average Bonchev–Trinajstić information content (AvgIpc) is 2.81. The number of aliphatic hydroxyl groups excluding tert-OH is 1. The van der Waals surface area contributed by atoms with E-state index in [1.54, 1.807) is 24.1 Å². The second-order valence-corrected chi connectivity index (χ2v) is 4.64. The van der Waals surface area contributed by atoms with Gasteiger partial charge in [0.25, 0.3) is 0 Å². The Bertz CT molecular complexity index is 358. The Morgan fingerprint density at radius 2 is 2.12 bits per heavy atom. The maximum absolute atomic E-state index is 11.7. The molecule has 0 radical (unpaired) electrons. The fourth-order valence-corrected chi connectivity index (χ4v) is 3.05. The van der Waals surface area contributed by atoms with Crippen molar-refractivity contribution in [2.45, 2.75) is 31.5 Å². The van der Waals surface area contributed by atoms with E-state index < -0.39 is 6.10 Å². The summed E-state index contributed by atoms with van der Waals surface area (Å²) in [6.07, 6.45) is -0.0694. The Morgan fingerprint density at radius 3 is 2.59 bits per heavy atom. The van der Waals surface area contributed by atoms with Crippen molar-refractivity contribution in [3.63, 3.8) is 0 Å². The second-order valence-electron chi connectivity index (χ2n) is 4.64. The van der Waals surface area contributed by atoms with Gasteiger partial charge in [-0.05, 0) is 13.3 Å². The number of likely N-dealkylation sites (N-methyl/N-ethyl adjacent to an activating group) is 1. The van der Waals surface area contributed by atoms with E-state index in [0.29, 0.717) is 0 Å². The number of aliphatic hydroxyl groups is 1. The molecule has 1 saturated carbocycles. The number of aliphatic imine (C=N–C) groups is 1. The van der Waals surface area contributed by atoms with Gasteiger partial charge in [0, 0.05) is 25.7 Å². The fourth-order valence-electron chi connectivity index (χ4n) is 3.05. The van der Waals surface area contributed by atoms with E-state index >= 15 is 0 Å². The SMILES string of the molecule is CN=C(C)C1C(O)C2CC1N(C(=O)OC)N2C. The molecular weight excluding hydrogens is 222 g/mol. The van der Waals surface area contributed by atoms with Crippen LogP contribution >= 0.6 is 0 Å². The summed E-state index contributed by atoms with van der Waals surface area (Å²) in [6, 6.07) is -0.0723. The lowest BCUT2D eigenvalue weighted by atomic mass is 9.94. The number of methoxy groups -OCH3 is 1. The van der Waals surface area contributed by atoms with Crippen molar-refractivity contribution in [1.82, 2.24) is 10.0 Å². The molecule has 1 N–H and O–H groups in total. The lowest BCUT2D eigenvalue weighted by Crippen LogP contribution is -2.58. The van der Waals surface area contributed by atoms with Crippen LogP contribution in [0.1, 0.15) is 13.3 Å². The summed E-state index contributed by atoms with van der Waals surface area (Å²) >= 11 is 0. The zero-order chi connectivity index (χ0) is 12.7. The number of nitrogens with zero attached hydrogens (tertiary/aromatic N) is 3. The van der Waals surface area contributed by atoms with Crippen LogP contribution in [-0.4, -0.2) is 66.3 Å². The molecule has 2 fully saturated rings. The summed E-state index contributed by atoms with van der Waals surface area (Å²) in [5.74, 6) is -0.0831. The van der Waals surface area contributed by atoms with Gasteiger partial charge in [0.1, 0.15) is 0 Å². The Balaban J connectivity index is 2.28. The average molecular weight is 241 g/mol. The number of fused-ring (bicyclic) bond motifs is 2. The molecule has 1 saturated heterocycles. The predicted octanol–water partition coefficient (Wildman–Crippen LogP) is 0.124. The molecule has 2 rings (SSSR count). The molecule has 1 aliphatic heterocycles. The third-order valence-electron chi connectivity index (χ3n) is 3.99. The Hall–Kier alpha value is -1.14. The van der Waals surface area contributed by atoms with Crippen LogP contribution < -0.4 is 0 Å². The zero-order valence-electron chi connectivity index (χ0n) is 10.6. The zero-order valence-corrected chi connectivity index (χ0v) is 10.6. The van der Waals surface area contributed by atoms with E-state index in [4.69, 9.17) is 4.74 Å². The smallest absolute Gasteiger partial charge is 0.424 e. The minimum Gasteiger partial charge on any atom is -0.452 e. The number of ether oxygens (including phenoxy) is 1. The summed E-state index contributed by atoms with van der Waals surface area (Å²) < 4.78 is 4.78. The highest BCUT2D eigenvalue weighted by Crippen LogP contribution is 2.42. The molecule has 0 aromatic carbocycles. The fraction of sp³-hybridized carbons (Fsp3) is 0.818. The normalized spacial score (nSPS) is 37.7. The summed E-state index contributed by atoms with van der Waals surface area (Å²) in [7, 11) is 4.88. The van der Waals surface area contributed by atoms with Crippen molar-refractivity contribution in [2.24, 2.45) is 10.9 Å². The maximum atomic E-state index is 11.7. The molecule has 1 aliphatic carbocycles. The van der Waals surface area contributed by atoms with E-state index in [-0.39, 0.29) is 24.1 Å². The lowest BCUT2D eigenvalue weighted by Gasteiger charge is -2.41. The van der Waals surface area contributed by atoms with Gasteiger partial charge < -0.3 is 9.84 Å². The highest BCUT2D eigenvalue weighted by molar-refractivity contribution is 5.87. The van der Waals surface area contributed by atoms with Crippen LogP contribution in [0.3, 0.4) is 0 Å². The molecule has 1 heterocycles. The molecule has 4 atom stereocenters.